The number of benzene rings is 1. The van der Waals surface area contributed by atoms with Crippen molar-refractivity contribution in [1.82, 2.24) is 9.78 Å². The Bertz CT molecular complexity index is 1150. The minimum absolute atomic E-state index is 0.0489. The van der Waals surface area contributed by atoms with E-state index in [1.165, 1.54) is 4.68 Å². The first-order valence-corrected chi connectivity index (χ1v) is 10.9. The van der Waals surface area contributed by atoms with Crippen molar-refractivity contribution in [3.8, 4) is 11.5 Å². The average Bonchev–Trinajstić information content (AvgIpc) is 3.18. The predicted molar refractivity (Wildman–Crippen MR) is 112 cm³/mol. The third kappa shape index (κ3) is 2.77. The summed E-state index contributed by atoms with van der Waals surface area (Å²) in [6.45, 7) is 0.180. The molecular formula is C22H22ClN3O5. The fourth-order valence-electron chi connectivity index (χ4n) is 6.70. The van der Waals surface area contributed by atoms with E-state index in [9.17, 15) is 14.7 Å². The van der Waals surface area contributed by atoms with Crippen LogP contribution in [0.1, 0.15) is 38.5 Å². The molecule has 2 N–H and O–H groups in total. The lowest BCUT2D eigenvalue weighted by molar-refractivity contribution is -0.173. The lowest BCUT2D eigenvalue weighted by Crippen LogP contribution is -2.61. The predicted octanol–water partition coefficient (Wildman–Crippen LogP) is 3.75. The van der Waals surface area contributed by atoms with E-state index in [2.05, 4.69) is 10.4 Å². The van der Waals surface area contributed by atoms with Crippen molar-refractivity contribution in [1.29, 1.82) is 0 Å². The van der Waals surface area contributed by atoms with E-state index in [-0.39, 0.29) is 17.4 Å². The summed E-state index contributed by atoms with van der Waals surface area (Å²) in [5.74, 6) is 1.17. The molecule has 31 heavy (non-hydrogen) atoms. The van der Waals surface area contributed by atoms with E-state index in [0.29, 0.717) is 54.0 Å². The van der Waals surface area contributed by atoms with Crippen LogP contribution in [-0.2, 0) is 10.3 Å². The van der Waals surface area contributed by atoms with E-state index >= 15 is 0 Å². The smallest absolute Gasteiger partial charge is 0.309 e. The summed E-state index contributed by atoms with van der Waals surface area (Å²) < 4.78 is 12.2. The molecule has 2 aromatic rings. The lowest BCUT2D eigenvalue weighted by Gasteiger charge is -2.60. The SMILES string of the molecule is O=C(O)C12C[C@@H]3C[C@@H](C1)CC(n1ncc(Nc4ccc5c(c4)OCO5)c(Cl)c1=O)(C3)C2. The van der Waals surface area contributed by atoms with Crippen molar-refractivity contribution in [3.63, 3.8) is 0 Å². The van der Waals surface area contributed by atoms with E-state index < -0.39 is 16.9 Å². The molecule has 5 aliphatic rings. The fraction of sp³-hybridized carbons (Fsp3) is 0.500. The number of ether oxygens (including phenoxy) is 2. The maximum atomic E-state index is 13.3. The number of rotatable bonds is 4. The Hall–Kier alpha value is -2.74. The van der Waals surface area contributed by atoms with Gasteiger partial charge in [-0.3, -0.25) is 9.59 Å². The number of carboxylic acid groups (broad SMARTS) is 1. The van der Waals surface area contributed by atoms with E-state index in [1.807, 2.05) is 6.07 Å². The van der Waals surface area contributed by atoms with Gasteiger partial charge >= 0.3 is 5.97 Å². The summed E-state index contributed by atoms with van der Waals surface area (Å²) in [6.07, 6.45) is 6.02. The number of fused-ring (bicyclic) bond motifs is 1. The first-order valence-electron chi connectivity index (χ1n) is 10.6. The van der Waals surface area contributed by atoms with Crippen LogP contribution in [0.15, 0.2) is 29.2 Å². The van der Waals surface area contributed by atoms with Crippen molar-refractivity contribution in [3.05, 3.63) is 39.8 Å². The second-order valence-electron chi connectivity index (χ2n) is 9.55. The summed E-state index contributed by atoms with van der Waals surface area (Å²) in [6, 6.07) is 5.37. The number of aliphatic carboxylic acids is 1. The number of nitrogens with zero attached hydrogens (tertiary/aromatic N) is 2. The molecular weight excluding hydrogens is 422 g/mol. The highest BCUT2D eigenvalue weighted by atomic mass is 35.5. The Kier molecular flexibility index (Phi) is 3.91. The number of nitrogens with one attached hydrogen (secondary N) is 1. The molecule has 162 valence electrons. The third-order valence-electron chi connectivity index (χ3n) is 7.50. The molecule has 0 spiro atoms. The van der Waals surface area contributed by atoms with Crippen LogP contribution in [0, 0.1) is 17.3 Å². The van der Waals surface area contributed by atoms with E-state index in [0.717, 1.165) is 19.3 Å². The highest BCUT2D eigenvalue weighted by Crippen LogP contribution is 2.64. The third-order valence-corrected chi connectivity index (χ3v) is 7.87. The molecule has 2 heterocycles. The number of aromatic nitrogens is 2. The number of hydrogen-bond acceptors (Lipinski definition) is 6. The number of halogens is 1. The quantitative estimate of drug-likeness (QED) is 0.741. The maximum absolute atomic E-state index is 13.3. The average molecular weight is 444 g/mol. The molecule has 4 bridgehead atoms. The summed E-state index contributed by atoms with van der Waals surface area (Å²) in [5, 5.41) is 17.7. The van der Waals surface area contributed by atoms with Gasteiger partial charge in [0.25, 0.3) is 5.56 Å². The van der Waals surface area contributed by atoms with Gasteiger partial charge in [0.1, 0.15) is 5.02 Å². The molecule has 0 saturated heterocycles. The van der Waals surface area contributed by atoms with Gasteiger partial charge in [-0.15, -0.1) is 0 Å². The zero-order valence-corrected chi connectivity index (χ0v) is 17.5. The topological polar surface area (TPSA) is 103 Å². The molecule has 0 unspecified atom stereocenters. The molecule has 0 amide bonds. The monoisotopic (exact) mass is 443 g/mol. The second-order valence-corrected chi connectivity index (χ2v) is 9.93. The van der Waals surface area contributed by atoms with Crippen LogP contribution in [0.25, 0.3) is 0 Å². The van der Waals surface area contributed by atoms with Crippen LogP contribution in [0.5, 0.6) is 11.5 Å². The van der Waals surface area contributed by atoms with Gasteiger partial charge in [-0.2, -0.15) is 5.10 Å². The lowest BCUT2D eigenvalue weighted by atomic mass is 9.47. The minimum Gasteiger partial charge on any atom is -0.481 e. The molecule has 4 saturated carbocycles. The van der Waals surface area contributed by atoms with Crippen LogP contribution in [0.2, 0.25) is 5.02 Å². The van der Waals surface area contributed by atoms with Gasteiger partial charge in [-0.05, 0) is 62.5 Å². The van der Waals surface area contributed by atoms with Gasteiger partial charge in [0.2, 0.25) is 6.79 Å². The van der Waals surface area contributed by atoms with E-state index in [4.69, 9.17) is 21.1 Å². The summed E-state index contributed by atoms with van der Waals surface area (Å²) in [7, 11) is 0. The van der Waals surface area contributed by atoms with Crippen molar-refractivity contribution in [2.24, 2.45) is 17.3 Å². The Morgan fingerprint density at radius 1 is 1.19 bits per heavy atom. The van der Waals surface area contributed by atoms with E-state index in [1.54, 1.807) is 18.3 Å². The van der Waals surface area contributed by atoms with Gasteiger partial charge in [0.15, 0.2) is 11.5 Å². The molecule has 9 heteroatoms. The van der Waals surface area contributed by atoms with Crippen molar-refractivity contribution >= 4 is 28.9 Å². The normalized spacial score (nSPS) is 32.3. The Morgan fingerprint density at radius 3 is 2.68 bits per heavy atom. The van der Waals surface area contributed by atoms with Crippen molar-refractivity contribution in [2.75, 3.05) is 12.1 Å². The number of hydrogen-bond donors (Lipinski definition) is 2. The molecule has 4 aliphatic carbocycles. The first-order chi connectivity index (χ1) is 14.9. The van der Waals surface area contributed by atoms with Gasteiger partial charge in [-0.1, -0.05) is 11.6 Å². The van der Waals surface area contributed by atoms with Gasteiger partial charge in [0, 0.05) is 11.8 Å². The first kappa shape index (κ1) is 19.0. The number of carboxylic acids is 1. The molecule has 1 aromatic carbocycles. The highest BCUT2D eigenvalue weighted by molar-refractivity contribution is 6.33. The molecule has 0 radical (unpaired) electrons. The van der Waals surface area contributed by atoms with Gasteiger partial charge in [0.05, 0.1) is 22.8 Å². The Balaban J connectivity index is 1.35. The van der Waals surface area contributed by atoms with Crippen LogP contribution < -0.4 is 20.3 Å². The largest absolute Gasteiger partial charge is 0.481 e. The minimum atomic E-state index is -0.749. The molecule has 2 atom stereocenters. The number of anilines is 2. The molecule has 1 aliphatic heterocycles. The van der Waals surface area contributed by atoms with Crippen molar-refractivity contribution in [2.45, 2.75) is 44.1 Å². The second kappa shape index (κ2) is 6.38. The van der Waals surface area contributed by atoms with Crippen LogP contribution in [0.3, 0.4) is 0 Å². The van der Waals surface area contributed by atoms with Crippen LogP contribution in [0.4, 0.5) is 11.4 Å². The Morgan fingerprint density at radius 2 is 1.94 bits per heavy atom. The number of carbonyl (C=O) groups is 1. The molecule has 8 nitrogen and oxygen atoms in total. The zero-order chi connectivity index (χ0) is 21.4. The fourth-order valence-corrected chi connectivity index (χ4v) is 6.88. The van der Waals surface area contributed by atoms with Crippen LogP contribution >= 0.6 is 11.6 Å². The van der Waals surface area contributed by atoms with Crippen LogP contribution in [-0.4, -0.2) is 27.6 Å². The van der Waals surface area contributed by atoms with Gasteiger partial charge in [-0.25, -0.2) is 4.68 Å². The summed E-state index contributed by atoms with van der Waals surface area (Å²) in [5.41, 5.74) is -0.597. The molecule has 4 fully saturated rings. The molecule has 1 aromatic heterocycles. The molecule has 7 rings (SSSR count). The zero-order valence-electron chi connectivity index (χ0n) is 16.8. The standard InChI is InChI=1S/C22H22ClN3O5/c23-18-15(25-14-1-2-16-17(4-14)31-11-30-16)9-24-26(19(18)27)22-7-12-3-13(8-22)6-21(5-12,10-22)20(28)29/h1-2,4,9,12-13,25H,3,5-8,10-11H2,(H,28,29)/t12-,13-,21?,22?/m0/s1. The van der Waals surface area contributed by atoms with Gasteiger partial charge < -0.3 is 19.9 Å². The summed E-state index contributed by atoms with van der Waals surface area (Å²) in [4.78, 5) is 25.4. The maximum Gasteiger partial charge on any atom is 0.309 e. The highest BCUT2D eigenvalue weighted by Gasteiger charge is 2.62. The summed E-state index contributed by atoms with van der Waals surface area (Å²) >= 11 is 6.49. The van der Waals surface area contributed by atoms with Crippen molar-refractivity contribution < 1.29 is 19.4 Å². The Labute approximate surface area is 183 Å².